The Morgan fingerprint density at radius 3 is 2.23 bits per heavy atom. The highest BCUT2D eigenvalue weighted by molar-refractivity contribution is 9.10. The Morgan fingerprint density at radius 1 is 0.943 bits per heavy atom. The van der Waals surface area contributed by atoms with E-state index in [1.54, 1.807) is 4.90 Å². The number of amides is 2. The number of carbonyl (C=O) groups excluding carboxylic acids is 2. The first-order valence-corrected chi connectivity index (χ1v) is 12.3. The first-order valence-electron chi connectivity index (χ1n) is 11.6. The van der Waals surface area contributed by atoms with Crippen LogP contribution in [0.15, 0.2) is 83.3 Å². The molecule has 0 aliphatic rings. The molecule has 0 radical (unpaired) electrons. The summed E-state index contributed by atoms with van der Waals surface area (Å²) >= 11 is 3.44. The van der Waals surface area contributed by atoms with Crippen LogP contribution in [0.1, 0.15) is 25.0 Å². The second-order valence-electron chi connectivity index (χ2n) is 8.74. The Morgan fingerprint density at radius 2 is 1.60 bits per heavy atom. The van der Waals surface area contributed by atoms with Crippen LogP contribution in [0.5, 0.6) is 5.75 Å². The Bertz CT molecular complexity index is 1090. The molecule has 0 fully saturated rings. The van der Waals surface area contributed by atoms with Gasteiger partial charge in [-0.15, -0.1) is 0 Å². The summed E-state index contributed by atoms with van der Waals surface area (Å²) in [5.41, 5.74) is 1.84. The Balaban J connectivity index is 1.88. The van der Waals surface area contributed by atoms with Gasteiger partial charge in [-0.1, -0.05) is 72.2 Å². The van der Waals surface area contributed by atoms with E-state index in [4.69, 9.17) is 4.74 Å². The molecule has 0 heterocycles. The van der Waals surface area contributed by atoms with Crippen molar-refractivity contribution in [3.8, 4) is 5.75 Å². The molecule has 0 saturated heterocycles. The predicted octanol–water partition coefficient (Wildman–Crippen LogP) is 5.38. The minimum Gasteiger partial charge on any atom is -0.484 e. The summed E-state index contributed by atoms with van der Waals surface area (Å²) in [7, 11) is 0. The molecule has 1 unspecified atom stereocenters. The van der Waals surface area contributed by atoms with Crippen molar-refractivity contribution in [1.82, 2.24) is 10.2 Å². The zero-order valence-corrected chi connectivity index (χ0v) is 21.5. The summed E-state index contributed by atoms with van der Waals surface area (Å²) in [4.78, 5) is 28.4. The monoisotopic (exact) mass is 540 g/mol. The third kappa shape index (κ3) is 8.51. The van der Waals surface area contributed by atoms with Crippen LogP contribution in [0.25, 0.3) is 0 Å². The van der Waals surface area contributed by atoms with E-state index in [9.17, 15) is 14.0 Å². The minimum atomic E-state index is -0.732. The van der Waals surface area contributed by atoms with Crippen LogP contribution in [-0.2, 0) is 22.6 Å². The zero-order valence-electron chi connectivity index (χ0n) is 19.9. The van der Waals surface area contributed by atoms with Crippen LogP contribution in [-0.4, -0.2) is 35.9 Å². The second-order valence-corrected chi connectivity index (χ2v) is 9.65. The minimum absolute atomic E-state index is 0.213. The first kappa shape index (κ1) is 26.4. The SMILES string of the molecule is CC(C)CNC(=O)C(Cc1ccccc1)N(Cc1ccc(Br)cc1)C(=O)COc1ccc(F)cc1. The molecule has 35 heavy (non-hydrogen) atoms. The van der Waals surface area contributed by atoms with Crippen molar-refractivity contribution in [2.45, 2.75) is 32.9 Å². The molecule has 3 aromatic carbocycles. The molecule has 5 nitrogen and oxygen atoms in total. The topological polar surface area (TPSA) is 58.6 Å². The van der Waals surface area contributed by atoms with E-state index >= 15 is 0 Å². The zero-order chi connectivity index (χ0) is 25.2. The third-order valence-corrected chi connectivity index (χ3v) is 5.93. The van der Waals surface area contributed by atoms with Gasteiger partial charge in [-0.25, -0.2) is 4.39 Å². The predicted molar refractivity (Wildman–Crippen MR) is 138 cm³/mol. The number of nitrogens with one attached hydrogen (secondary N) is 1. The molecule has 2 amide bonds. The Labute approximate surface area is 214 Å². The fraction of sp³-hybridized carbons (Fsp3) is 0.286. The van der Waals surface area contributed by atoms with Crippen molar-refractivity contribution < 1.29 is 18.7 Å². The summed E-state index contributed by atoms with van der Waals surface area (Å²) in [5, 5.41) is 2.99. The van der Waals surface area contributed by atoms with Gasteiger partial charge in [0.1, 0.15) is 17.6 Å². The first-order chi connectivity index (χ1) is 16.8. The number of hydrogen-bond acceptors (Lipinski definition) is 3. The van der Waals surface area contributed by atoms with Crippen molar-refractivity contribution >= 4 is 27.7 Å². The molecule has 0 aliphatic heterocycles. The highest BCUT2D eigenvalue weighted by Gasteiger charge is 2.30. The average Bonchev–Trinajstić information content (AvgIpc) is 2.86. The van der Waals surface area contributed by atoms with E-state index in [1.165, 1.54) is 24.3 Å². The van der Waals surface area contributed by atoms with Crippen LogP contribution < -0.4 is 10.1 Å². The van der Waals surface area contributed by atoms with Gasteiger partial charge in [0.2, 0.25) is 5.91 Å². The fourth-order valence-corrected chi connectivity index (χ4v) is 3.79. The summed E-state index contributed by atoms with van der Waals surface area (Å²) in [6.07, 6.45) is 0.365. The van der Waals surface area contributed by atoms with Gasteiger partial charge in [-0.2, -0.15) is 0 Å². The van der Waals surface area contributed by atoms with Crippen LogP contribution in [0.2, 0.25) is 0 Å². The summed E-state index contributed by atoms with van der Waals surface area (Å²) < 4.78 is 19.8. The van der Waals surface area contributed by atoms with E-state index in [0.717, 1.165) is 15.6 Å². The van der Waals surface area contributed by atoms with Gasteiger partial charge in [-0.05, 0) is 53.4 Å². The van der Waals surface area contributed by atoms with Crippen molar-refractivity contribution in [1.29, 1.82) is 0 Å². The number of carbonyl (C=O) groups is 2. The summed E-state index contributed by atoms with van der Waals surface area (Å²) in [6.45, 7) is 4.52. The molecular formula is C28H30BrFN2O3. The maximum Gasteiger partial charge on any atom is 0.261 e. The lowest BCUT2D eigenvalue weighted by molar-refractivity contribution is -0.142. The third-order valence-electron chi connectivity index (χ3n) is 5.40. The fourth-order valence-electron chi connectivity index (χ4n) is 3.52. The number of ether oxygens (including phenoxy) is 1. The number of rotatable bonds is 11. The summed E-state index contributed by atoms with van der Waals surface area (Å²) in [5.74, 6) is -0.279. The Kier molecular flexibility index (Phi) is 9.85. The van der Waals surface area contributed by atoms with Crippen molar-refractivity contribution in [3.63, 3.8) is 0 Å². The quantitative estimate of drug-likeness (QED) is 0.355. The molecule has 3 aromatic rings. The van der Waals surface area contributed by atoms with Gasteiger partial charge in [0.25, 0.3) is 5.91 Å². The highest BCUT2D eigenvalue weighted by atomic mass is 79.9. The molecule has 1 N–H and O–H groups in total. The second kappa shape index (κ2) is 13.0. The molecule has 0 spiro atoms. The molecule has 7 heteroatoms. The standard InChI is InChI=1S/C28H30BrFN2O3/c1-20(2)17-31-28(34)26(16-21-6-4-3-5-7-21)32(18-22-8-10-23(29)11-9-22)27(33)19-35-25-14-12-24(30)13-15-25/h3-15,20,26H,16-19H2,1-2H3,(H,31,34). The molecule has 0 saturated carbocycles. The molecule has 0 bridgehead atoms. The van der Waals surface area contributed by atoms with Gasteiger partial charge < -0.3 is 15.0 Å². The van der Waals surface area contributed by atoms with Crippen molar-refractivity contribution in [2.75, 3.05) is 13.2 Å². The maximum absolute atomic E-state index is 13.5. The van der Waals surface area contributed by atoms with Gasteiger partial charge in [0.05, 0.1) is 0 Å². The van der Waals surface area contributed by atoms with E-state index in [0.29, 0.717) is 18.7 Å². The highest BCUT2D eigenvalue weighted by Crippen LogP contribution is 2.18. The largest absolute Gasteiger partial charge is 0.484 e. The molecule has 0 aromatic heterocycles. The smallest absolute Gasteiger partial charge is 0.261 e. The average molecular weight is 541 g/mol. The van der Waals surface area contributed by atoms with Crippen molar-refractivity contribution in [2.24, 2.45) is 5.92 Å². The lowest BCUT2D eigenvalue weighted by Crippen LogP contribution is -2.52. The number of hydrogen-bond donors (Lipinski definition) is 1. The normalized spacial score (nSPS) is 11.7. The molecule has 184 valence electrons. The van der Waals surface area contributed by atoms with E-state index in [2.05, 4.69) is 21.2 Å². The lowest BCUT2D eigenvalue weighted by atomic mass is 10.0. The van der Waals surface area contributed by atoms with Crippen LogP contribution in [0.4, 0.5) is 4.39 Å². The van der Waals surface area contributed by atoms with Crippen LogP contribution in [0, 0.1) is 11.7 Å². The van der Waals surface area contributed by atoms with Gasteiger partial charge >= 0.3 is 0 Å². The van der Waals surface area contributed by atoms with E-state index in [1.807, 2.05) is 68.4 Å². The Hall–Kier alpha value is -3.19. The lowest BCUT2D eigenvalue weighted by Gasteiger charge is -2.31. The molecule has 0 aliphatic carbocycles. The number of halogens is 2. The van der Waals surface area contributed by atoms with Gasteiger partial charge in [0.15, 0.2) is 6.61 Å². The molecular weight excluding hydrogens is 511 g/mol. The molecule has 1 atom stereocenters. The maximum atomic E-state index is 13.5. The van der Waals surface area contributed by atoms with Gasteiger partial charge in [-0.3, -0.25) is 9.59 Å². The van der Waals surface area contributed by atoms with Gasteiger partial charge in [0, 0.05) is 24.0 Å². The number of benzene rings is 3. The van der Waals surface area contributed by atoms with E-state index in [-0.39, 0.29) is 36.7 Å². The van der Waals surface area contributed by atoms with E-state index < -0.39 is 6.04 Å². The van der Waals surface area contributed by atoms with Crippen molar-refractivity contribution in [3.05, 3.63) is 100 Å². The van der Waals surface area contributed by atoms with Crippen LogP contribution >= 0.6 is 15.9 Å². The van der Waals surface area contributed by atoms with Crippen LogP contribution in [0.3, 0.4) is 0 Å². The number of nitrogens with zero attached hydrogens (tertiary/aromatic N) is 1. The molecule has 3 rings (SSSR count). The summed E-state index contributed by atoms with van der Waals surface area (Å²) in [6, 6.07) is 22.0.